The second-order valence-corrected chi connectivity index (χ2v) is 7.04. The van der Waals surface area contributed by atoms with Crippen LogP contribution < -0.4 is 0 Å². The maximum atomic E-state index is 12.1. The molecule has 2 aromatic heterocycles. The highest BCUT2D eigenvalue weighted by Gasteiger charge is 2.26. The first-order valence-corrected chi connectivity index (χ1v) is 10.2. The van der Waals surface area contributed by atoms with Crippen LogP contribution in [-0.4, -0.2) is 23.7 Å². The molecule has 0 saturated heterocycles. The van der Waals surface area contributed by atoms with E-state index in [-0.39, 0.29) is 23.2 Å². The Kier molecular flexibility index (Phi) is 5.69. The Morgan fingerprint density at radius 1 is 0.618 bits per heavy atom. The average molecular weight is 452 g/mol. The summed E-state index contributed by atoms with van der Waals surface area (Å²) in [5, 5.41) is 0. The molecule has 0 radical (unpaired) electrons. The molecular formula is C26H16N2O6. The molecule has 0 bridgehead atoms. The van der Waals surface area contributed by atoms with Gasteiger partial charge in [-0.05, 0) is 72.8 Å². The van der Waals surface area contributed by atoms with Crippen LogP contribution in [0, 0.1) is 0 Å². The third-order valence-electron chi connectivity index (χ3n) is 4.74. The molecule has 8 heteroatoms. The number of furan rings is 2. The fraction of sp³-hybridized carbons (Fsp3) is 0. The van der Waals surface area contributed by atoms with Crippen LogP contribution in [0.3, 0.4) is 0 Å². The van der Waals surface area contributed by atoms with Crippen LogP contribution >= 0.6 is 0 Å². The van der Waals surface area contributed by atoms with Crippen LogP contribution in [0.4, 0.5) is 0 Å². The van der Waals surface area contributed by atoms with Gasteiger partial charge in [0.1, 0.15) is 11.5 Å². The highest BCUT2D eigenvalue weighted by molar-refractivity contribution is 6.13. The Hall–Kier alpha value is -4.98. The van der Waals surface area contributed by atoms with Gasteiger partial charge in [-0.1, -0.05) is 12.2 Å². The monoisotopic (exact) mass is 452 g/mol. The zero-order chi connectivity index (χ0) is 23.3. The molecule has 0 spiro atoms. The largest absolute Gasteiger partial charge is 0.465 e. The van der Waals surface area contributed by atoms with Crippen LogP contribution in [0.1, 0.15) is 22.6 Å². The van der Waals surface area contributed by atoms with Crippen LogP contribution in [-0.2, 0) is 19.1 Å². The summed E-state index contributed by atoms with van der Waals surface area (Å²) in [4.78, 5) is 32.7. The Labute approximate surface area is 193 Å². The predicted octanol–water partition coefficient (Wildman–Crippen LogP) is 4.67. The van der Waals surface area contributed by atoms with Gasteiger partial charge >= 0.3 is 11.9 Å². The lowest BCUT2D eigenvalue weighted by atomic mass is 10.1. The molecule has 3 aromatic rings. The van der Waals surface area contributed by atoms with Crippen molar-refractivity contribution in [1.82, 2.24) is 0 Å². The minimum Gasteiger partial charge on any atom is -0.465 e. The maximum absolute atomic E-state index is 12.1. The molecule has 4 heterocycles. The number of nitrogens with zero attached hydrogens (tertiary/aromatic N) is 2. The van der Waals surface area contributed by atoms with Gasteiger partial charge in [-0.2, -0.15) is 0 Å². The Morgan fingerprint density at radius 2 is 1.06 bits per heavy atom. The van der Waals surface area contributed by atoms with Crippen molar-refractivity contribution < 1.29 is 27.9 Å². The number of carbonyl (C=O) groups is 2. The smallest absolute Gasteiger partial charge is 0.363 e. The standard InChI is InChI=1S/C26H16N2O6/c29-25-21(9-1-5-19-7-3-15-31-19)27-23(33-25)17-11-13-18(14-12-17)24-28-22(26(30)34-24)10-2-6-20-8-4-16-32-20/h1-16H/b5-1+,6-2+,21-9-,22-10+. The number of cyclic esters (lactones) is 2. The minimum atomic E-state index is -0.547. The third-order valence-corrected chi connectivity index (χ3v) is 4.74. The topological polar surface area (TPSA) is 104 Å². The van der Waals surface area contributed by atoms with Gasteiger partial charge in [-0.15, -0.1) is 0 Å². The molecular weight excluding hydrogens is 436 g/mol. The first-order chi connectivity index (χ1) is 16.7. The molecule has 0 aliphatic carbocycles. The summed E-state index contributed by atoms with van der Waals surface area (Å²) in [7, 11) is 0. The number of rotatable bonds is 6. The normalized spacial score (nSPS) is 18.2. The molecule has 8 nitrogen and oxygen atoms in total. The molecule has 1 aromatic carbocycles. The number of hydrogen-bond donors (Lipinski definition) is 0. The van der Waals surface area contributed by atoms with Gasteiger partial charge in [-0.25, -0.2) is 19.6 Å². The van der Waals surface area contributed by atoms with E-state index < -0.39 is 11.9 Å². The SMILES string of the molecule is O=C1OC(c2ccc(C3=N/C(=C/C=C/c4ccco4)C(=O)O3)cc2)=N/C1=C\C=C\c1ccco1. The summed E-state index contributed by atoms with van der Waals surface area (Å²) >= 11 is 0. The molecule has 5 rings (SSSR count). The summed E-state index contributed by atoms with van der Waals surface area (Å²) in [5.74, 6) is 0.589. The first kappa shape index (κ1) is 20.9. The van der Waals surface area contributed by atoms with Crippen LogP contribution in [0.2, 0.25) is 0 Å². The molecule has 0 fully saturated rings. The fourth-order valence-electron chi connectivity index (χ4n) is 3.09. The van der Waals surface area contributed by atoms with Crippen LogP contribution in [0.25, 0.3) is 12.2 Å². The van der Waals surface area contributed by atoms with E-state index in [9.17, 15) is 9.59 Å². The van der Waals surface area contributed by atoms with Gasteiger partial charge in [0.2, 0.25) is 11.8 Å². The van der Waals surface area contributed by atoms with Crippen molar-refractivity contribution >= 4 is 35.9 Å². The molecule has 0 N–H and O–H groups in total. The molecule has 2 aliphatic rings. The van der Waals surface area contributed by atoms with E-state index in [0.717, 1.165) is 0 Å². The lowest BCUT2D eigenvalue weighted by Crippen LogP contribution is -2.07. The van der Waals surface area contributed by atoms with Crippen molar-refractivity contribution in [1.29, 1.82) is 0 Å². The zero-order valence-electron chi connectivity index (χ0n) is 17.6. The maximum Gasteiger partial charge on any atom is 0.363 e. The second-order valence-electron chi connectivity index (χ2n) is 7.04. The van der Waals surface area contributed by atoms with Crippen molar-refractivity contribution in [3.63, 3.8) is 0 Å². The molecule has 166 valence electrons. The molecule has 0 atom stereocenters. The van der Waals surface area contributed by atoms with Crippen molar-refractivity contribution in [2.45, 2.75) is 0 Å². The van der Waals surface area contributed by atoms with E-state index in [2.05, 4.69) is 9.98 Å². The van der Waals surface area contributed by atoms with E-state index in [0.29, 0.717) is 22.6 Å². The van der Waals surface area contributed by atoms with Crippen molar-refractivity contribution in [3.05, 3.63) is 119 Å². The van der Waals surface area contributed by atoms with E-state index >= 15 is 0 Å². The lowest BCUT2D eigenvalue weighted by molar-refractivity contribution is -0.130. The molecule has 0 unspecified atom stereocenters. The highest BCUT2D eigenvalue weighted by atomic mass is 16.6. The number of ether oxygens (including phenoxy) is 2. The van der Waals surface area contributed by atoms with Crippen LogP contribution in [0.15, 0.2) is 116 Å². The predicted molar refractivity (Wildman–Crippen MR) is 123 cm³/mol. The van der Waals surface area contributed by atoms with E-state index in [1.165, 1.54) is 0 Å². The summed E-state index contributed by atoms with van der Waals surface area (Å²) < 4.78 is 20.9. The summed E-state index contributed by atoms with van der Waals surface area (Å²) in [6.45, 7) is 0. The van der Waals surface area contributed by atoms with Crippen molar-refractivity contribution in [2.75, 3.05) is 0 Å². The number of allylic oxidation sites excluding steroid dienone is 4. The number of hydrogen-bond acceptors (Lipinski definition) is 8. The number of benzene rings is 1. The summed E-state index contributed by atoms with van der Waals surface area (Å²) in [6, 6.07) is 13.9. The second kappa shape index (κ2) is 9.25. The van der Waals surface area contributed by atoms with Gasteiger partial charge in [0, 0.05) is 11.1 Å². The highest BCUT2D eigenvalue weighted by Crippen LogP contribution is 2.20. The van der Waals surface area contributed by atoms with E-state index in [1.54, 1.807) is 97.5 Å². The number of aliphatic imine (C=N–C) groups is 2. The quantitative estimate of drug-likeness (QED) is 0.398. The van der Waals surface area contributed by atoms with Crippen molar-refractivity contribution in [3.8, 4) is 0 Å². The van der Waals surface area contributed by atoms with Gasteiger partial charge in [0.05, 0.1) is 12.5 Å². The van der Waals surface area contributed by atoms with Crippen LogP contribution in [0.5, 0.6) is 0 Å². The average Bonchev–Trinajstić information content (AvgIpc) is 3.64. The molecule has 0 saturated carbocycles. The third kappa shape index (κ3) is 4.61. The van der Waals surface area contributed by atoms with E-state index in [4.69, 9.17) is 18.3 Å². The summed E-state index contributed by atoms with van der Waals surface area (Å²) in [6.07, 6.45) is 13.0. The molecule has 2 aliphatic heterocycles. The van der Waals surface area contributed by atoms with Crippen molar-refractivity contribution in [2.24, 2.45) is 9.98 Å². The fourth-order valence-corrected chi connectivity index (χ4v) is 3.09. The first-order valence-electron chi connectivity index (χ1n) is 10.2. The molecule has 0 amide bonds. The summed E-state index contributed by atoms with van der Waals surface area (Å²) in [5.41, 5.74) is 1.54. The number of carbonyl (C=O) groups excluding carboxylic acids is 2. The van der Waals surface area contributed by atoms with Gasteiger partial charge in [0.25, 0.3) is 0 Å². The van der Waals surface area contributed by atoms with Gasteiger partial charge in [-0.3, -0.25) is 0 Å². The Bertz CT molecular complexity index is 1290. The number of esters is 2. The van der Waals surface area contributed by atoms with Gasteiger partial charge < -0.3 is 18.3 Å². The Morgan fingerprint density at radius 3 is 1.44 bits per heavy atom. The zero-order valence-corrected chi connectivity index (χ0v) is 17.6. The van der Waals surface area contributed by atoms with Gasteiger partial charge in [0.15, 0.2) is 11.4 Å². The minimum absolute atomic E-state index is 0.174. The molecule has 34 heavy (non-hydrogen) atoms. The van der Waals surface area contributed by atoms with E-state index in [1.807, 2.05) is 0 Å². The lowest BCUT2D eigenvalue weighted by Gasteiger charge is -2.02. The Balaban J connectivity index is 1.29.